The number of nitrogens with one attached hydrogen (secondary N) is 1. The maximum atomic E-state index is 14.0. The molecule has 2 atom stereocenters. The van der Waals surface area contributed by atoms with Gasteiger partial charge in [-0.3, -0.25) is 14.5 Å². The van der Waals surface area contributed by atoms with Gasteiger partial charge in [0, 0.05) is 29.8 Å². The Labute approximate surface area is 266 Å². The van der Waals surface area contributed by atoms with E-state index in [1.807, 2.05) is 72.8 Å². The van der Waals surface area contributed by atoms with Crippen molar-refractivity contribution in [2.24, 2.45) is 0 Å². The van der Waals surface area contributed by atoms with Crippen LogP contribution in [0.1, 0.15) is 29.2 Å². The molecule has 4 aromatic rings. The number of amides is 2. The third-order valence-electron chi connectivity index (χ3n) is 8.03. The highest BCUT2D eigenvalue weighted by Gasteiger charge is 2.39. The van der Waals surface area contributed by atoms with E-state index < -0.39 is 0 Å². The van der Waals surface area contributed by atoms with Gasteiger partial charge in [0.1, 0.15) is 29.6 Å². The van der Waals surface area contributed by atoms with Crippen molar-refractivity contribution in [2.75, 3.05) is 51.7 Å². The van der Waals surface area contributed by atoms with Crippen LogP contribution < -0.4 is 24.4 Å². The number of carbonyl (C=O) groups is 2. The second kappa shape index (κ2) is 13.7. The number of thioether (sulfide) groups is 1. The van der Waals surface area contributed by atoms with E-state index in [-0.39, 0.29) is 35.5 Å². The minimum atomic E-state index is -0.379. The van der Waals surface area contributed by atoms with Gasteiger partial charge in [-0.2, -0.15) is 5.10 Å². The predicted molar refractivity (Wildman–Crippen MR) is 174 cm³/mol. The van der Waals surface area contributed by atoms with E-state index >= 15 is 0 Å². The van der Waals surface area contributed by atoms with Gasteiger partial charge in [0.05, 0.1) is 49.8 Å². The summed E-state index contributed by atoms with van der Waals surface area (Å²) in [5.41, 5.74) is 3.93. The van der Waals surface area contributed by atoms with Crippen molar-refractivity contribution in [1.82, 2.24) is 15.1 Å². The first-order chi connectivity index (χ1) is 22.0. The SMILES string of the molecule is COc1ccc(-n2nc(-c3ccccc3)c3c2N(CC(=O)NCC2CCCO2)C(=O)CSC3c2cc(OC)ccc2OC)cc1. The van der Waals surface area contributed by atoms with Crippen molar-refractivity contribution in [2.45, 2.75) is 24.2 Å². The topological polar surface area (TPSA) is 104 Å². The smallest absolute Gasteiger partial charge is 0.240 e. The van der Waals surface area contributed by atoms with Crippen LogP contribution in [0, 0.1) is 0 Å². The molecule has 3 aromatic carbocycles. The lowest BCUT2D eigenvalue weighted by Gasteiger charge is -2.24. The monoisotopic (exact) mass is 628 g/mol. The van der Waals surface area contributed by atoms with Crippen LogP contribution in [0.3, 0.4) is 0 Å². The number of fused-ring (bicyclic) bond motifs is 1. The molecule has 0 radical (unpaired) electrons. The minimum Gasteiger partial charge on any atom is -0.497 e. The Bertz CT molecular complexity index is 1650. The standard InChI is InChI=1S/C34H36N4O6S/c1-41-24-13-11-23(12-14-24)38-34-31(32(36-38)22-8-5-4-6-9-22)33(27-18-25(42-2)15-16-28(27)43-3)45-21-30(40)37(34)20-29(39)35-19-26-10-7-17-44-26/h4-6,8-9,11-16,18,26,33H,7,10,17,19-21H2,1-3H3,(H,35,39). The molecule has 0 bridgehead atoms. The van der Waals surface area contributed by atoms with Crippen LogP contribution in [0.15, 0.2) is 72.8 Å². The Kier molecular flexibility index (Phi) is 9.27. The first kappa shape index (κ1) is 30.5. The van der Waals surface area contributed by atoms with Gasteiger partial charge in [-0.05, 0) is 55.3 Å². The number of rotatable bonds is 10. The van der Waals surface area contributed by atoms with Crippen molar-refractivity contribution in [3.63, 3.8) is 0 Å². The summed E-state index contributed by atoms with van der Waals surface area (Å²) in [6.07, 6.45) is 1.86. The molecule has 45 heavy (non-hydrogen) atoms. The van der Waals surface area contributed by atoms with Crippen LogP contribution in [0.4, 0.5) is 5.82 Å². The second-order valence-electron chi connectivity index (χ2n) is 10.8. The molecular weight excluding hydrogens is 592 g/mol. The van der Waals surface area contributed by atoms with E-state index in [0.29, 0.717) is 41.9 Å². The maximum absolute atomic E-state index is 14.0. The fourth-order valence-electron chi connectivity index (χ4n) is 5.75. The van der Waals surface area contributed by atoms with Crippen LogP contribution in [0.2, 0.25) is 0 Å². The Morgan fingerprint density at radius 3 is 2.44 bits per heavy atom. The van der Waals surface area contributed by atoms with Crippen molar-refractivity contribution >= 4 is 29.4 Å². The van der Waals surface area contributed by atoms with E-state index in [9.17, 15) is 9.59 Å². The Morgan fingerprint density at radius 2 is 1.76 bits per heavy atom. The molecule has 3 heterocycles. The van der Waals surface area contributed by atoms with Crippen LogP contribution in [0.25, 0.3) is 16.9 Å². The summed E-state index contributed by atoms with van der Waals surface area (Å²) in [4.78, 5) is 29.0. The molecule has 0 spiro atoms. The van der Waals surface area contributed by atoms with E-state index in [1.54, 1.807) is 30.9 Å². The maximum Gasteiger partial charge on any atom is 0.240 e. The van der Waals surface area contributed by atoms with Gasteiger partial charge in [-0.1, -0.05) is 30.3 Å². The number of benzene rings is 3. The molecule has 2 amide bonds. The largest absolute Gasteiger partial charge is 0.497 e. The zero-order valence-electron chi connectivity index (χ0n) is 25.5. The summed E-state index contributed by atoms with van der Waals surface area (Å²) in [6.45, 7) is 0.931. The van der Waals surface area contributed by atoms with E-state index in [2.05, 4.69) is 5.32 Å². The first-order valence-corrected chi connectivity index (χ1v) is 15.9. The number of hydrogen-bond acceptors (Lipinski definition) is 8. The molecule has 1 saturated heterocycles. The number of carbonyl (C=O) groups excluding carboxylic acids is 2. The van der Waals surface area contributed by atoms with Gasteiger partial charge in [0.2, 0.25) is 11.8 Å². The molecule has 2 unspecified atom stereocenters. The summed E-state index contributed by atoms with van der Waals surface area (Å²) in [5, 5.41) is 7.76. The highest BCUT2D eigenvalue weighted by molar-refractivity contribution is 8.00. The third kappa shape index (κ3) is 6.36. The molecule has 6 rings (SSSR count). The molecule has 2 aliphatic rings. The summed E-state index contributed by atoms with van der Waals surface area (Å²) >= 11 is 1.47. The molecule has 1 aromatic heterocycles. The highest BCUT2D eigenvalue weighted by Crippen LogP contribution is 2.51. The Morgan fingerprint density at radius 1 is 1.00 bits per heavy atom. The molecule has 0 aliphatic carbocycles. The van der Waals surface area contributed by atoms with E-state index in [1.165, 1.54) is 11.8 Å². The fourth-order valence-corrected chi connectivity index (χ4v) is 6.97. The molecule has 10 nitrogen and oxygen atoms in total. The van der Waals surface area contributed by atoms with Crippen molar-refractivity contribution in [1.29, 1.82) is 0 Å². The molecule has 1 fully saturated rings. The lowest BCUT2D eigenvalue weighted by molar-refractivity contribution is -0.123. The minimum absolute atomic E-state index is 0.0145. The number of aromatic nitrogens is 2. The molecule has 11 heteroatoms. The Balaban J connectivity index is 1.55. The third-order valence-corrected chi connectivity index (χ3v) is 9.26. The van der Waals surface area contributed by atoms with Gasteiger partial charge in [-0.15, -0.1) is 11.8 Å². The first-order valence-electron chi connectivity index (χ1n) is 14.9. The van der Waals surface area contributed by atoms with E-state index in [4.69, 9.17) is 24.0 Å². The lowest BCUT2D eigenvalue weighted by atomic mass is 9.98. The number of ether oxygens (including phenoxy) is 4. The molecule has 234 valence electrons. The number of nitrogens with zero attached hydrogens (tertiary/aromatic N) is 3. The zero-order chi connectivity index (χ0) is 31.3. The predicted octanol–water partition coefficient (Wildman–Crippen LogP) is 5.03. The van der Waals surface area contributed by atoms with Crippen molar-refractivity contribution in [3.05, 3.63) is 83.9 Å². The lowest BCUT2D eigenvalue weighted by Crippen LogP contribution is -2.44. The number of hydrogen-bond donors (Lipinski definition) is 1. The summed E-state index contributed by atoms with van der Waals surface area (Å²) in [5.74, 6) is 2.20. The van der Waals surface area contributed by atoms with Gasteiger partial charge in [-0.25, -0.2) is 4.68 Å². The zero-order valence-corrected chi connectivity index (χ0v) is 26.3. The van der Waals surface area contributed by atoms with Gasteiger partial charge >= 0.3 is 0 Å². The molecular formula is C34H36N4O6S. The van der Waals surface area contributed by atoms with Gasteiger partial charge < -0.3 is 24.3 Å². The summed E-state index contributed by atoms with van der Waals surface area (Å²) < 4.78 is 24.3. The Hall–Kier alpha value is -4.48. The van der Waals surface area contributed by atoms with Crippen LogP contribution >= 0.6 is 11.8 Å². The van der Waals surface area contributed by atoms with Crippen molar-refractivity contribution in [3.8, 4) is 34.2 Å². The fraction of sp³-hybridized carbons (Fsp3) is 0.324. The number of anilines is 1. The van der Waals surface area contributed by atoms with Crippen LogP contribution in [-0.4, -0.2) is 74.5 Å². The molecule has 0 saturated carbocycles. The molecule has 2 aliphatic heterocycles. The quantitative estimate of drug-likeness (QED) is 0.261. The van der Waals surface area contributed by atoms with Gasteiger partial charge in [0.25, 0.3) is 0 Å². The summed E-state index contributed by atoms with van der Waals surface area (Å²) in [7, 11) is 4.86. The van der Waals surface area contributed by atoms with Crippen LogP contribution in [-0.2, 0) is 14.3 Å². The highest BCUT2D eigenvalue weighted by atomic mass is 32.2. The summed E-state index contributed by atoms with van der Waals surface area (Å²) in [6, 6.07) is 23.0. The van der Waals surface area contributed by atoms with Gasteiger partial charge in [0.15, 0.2) is 0 Å². The van der Waals surface area contributed by atoms with E-state index in [0.717, 1.165) is 35.2 Å². The average molecular weight is 629 g/mol. The van der Waals surface area contributed by atoms with Crippen molar-refractivity contribution < 1.29 is 28.5 Å². The van der Waals surface area contributed by atoms with Crippen LogP contribution in [0.5, 0.6) is 17.2 Å². The second-order valence-corrected chi connectivity index (χ2v) is 11.9. The average Bonchev–Trinajstić information content (AvgIpc) is 3.72. The number of methoxy groups -OCH3 is 3. The molecule has 1 N–H and O–H groups in total. The normalized spacial score (nSPS) is 17.8.